The van der Waals surface area contributed by atoms with E-state index in [1.165, 1.54) is 7.11 Å². The molecule has 0 fully saturated rings. The Kier molecular flexibility index (Phi) is 4.92. The summed E-state index contributed by atoms with van der Waals surface area (Å²) in [5, 5.41) is 15.8. The topological polar surface area (TPSA) is 91.2 Å². The lowest BCUT2D eigenvalue weighted by Crippen LogP contribution is -2.25. The van der Waals surface area contributed by atoms with Crippen LogP contribution in [0.15, 0.2) is 36.4 Å². The Morgan fingerprint density at radius 1 is 1.21 bits per heavy atom. The van der Waals surface area contributed by atoms with E-state index in [-0.39, 0.29) is 17.9 Å². The zero-order valence-corrected chi connectivity index (χ0v) is 16.8. The Morgan fingerprint density at radius 3 is 2.72 bits per heavy atom. The van der Waals surface area contributed by atoms with Gasteiger partial charge in [-0.25, -0.2) is 0 Å². The van der Waals surface area contributed by atoms with Crippen molar-refractivity contribution in [1.82, 2.24) is 20.0 Å². The highest BCUT2D eigenvalue weighted by Gasteiger charge is 2.33. The van der Waals surface area contributed by atoms with E-state index in [1.54, 1.807) is 16.8 Å². The fraction of sp³-hybridized carbons (Fsp3) is 0.333. The van der Waals surface area contributed by atoms with E-state index in [4.69, 9.17) is 9.47 Å². The maximum absolute atomic E-state index is 12.5. The summed E-state index contributed by atoms with van der Waals surface area (Å²) in [5.74, 6) is 2.15. The van der Waals surface area contributed by atoms with Crippen LogP contribution in [0.1, 0.15) is 43.0 Å². The zero-order valence-electron chi connectivity index (χ0n) is 16.8. The lowest BCUT2D eigenvalue weighted by atomic mass is 9.86. The maximum Gasteiger partial charge on any atom is 0.233 e. The molecule has 0 spiro atoms. The average molecular weight is 393 g/mol. The molecule has 1 aliphatic heterocycles. The summed E-state index contributed by atoms with van der Waals surface area (Å²) in [6.45, 7) is 5.91. The average Bonchev–Trinajstić information content (AvgIpc) is 3.03. The van der Waals surface area contributed by atoms with E-state index in [1.807, 2.05) is 45.0 Å². The van der Waals surface area contributed by atoms with Gasteiger partial charge in [0.25, 0.3) is 0 Å². The highest BCUT2D eigenvalue weighted by Crippen LogP contribution is 2.40. The van der Waals surface area contributed by atoms with Crippen LogP contribution >= 0.6 is 0 Å². The number of hydrogen-bond acceptors (Lipinski definition) is 6. The van der Waals surface area contributed by atoms with Crippen LogP contribution in [0.2, 0.25) is 0 Å². The van der Waals surface area contributed by atoms with Crippen molar-refractivity contribution in [2.75, 3.05) is 12.4 Å². The van der Waals surface area contributed by atoms with Gasteiger partial charge in [0, 0.05) is 24.0 Å². The number of rotatable bonds is 5. The van der Waals surface area contributed by atoms with Gasteiger partial charge in [0.15, 0.2) is 5.82 Å². The van der Waals surface area contributed by atoms with Gasteiger partial charge in [-0.3, -0.25) is 4.79 Å². The number of aromatic nitrogens is 4. The fourth-order valence-corrected chi connectivity index (χ4v) is 3.61. The molecule has 150 valence electrons. The van der Waals surface area contributed by atoms with Crippen LogP contribution in [-0.4, -0.2) is 39.1 Å². The first-order valence-electron chi connectivity index (χ1n) is 9.50. The van der Waals surface area contributed by atoms with E-state index >= 15 is 0 Å². The van der Waals surface area contributed by atoms with Gasteiger partial charge in [-0.15, -0.1) is 10.2 Å². The summed E-state index contributed by atoms with van der Waals surface area (Å²) in [6.07, 6.45) is 0.424. The number of benzene rings is 1. The highest BCUT2D eigenvalue weighted by atomic mass is 16.5. The van der Waals surface area contributed by atoms with Crippen molar-refractivity contribution < 1.29 is 14.3 Å². The molecule has 8 nitrogen and oxygen atoms in total. The van der Waals surface area contributed by atoms with Crippen molar-refractivity contribution in [2.45, 2.75) is 39.2 Å². The first-order chi connectivity index (χ1) is 14.0. The number of aryl methyl sites for hydroxylation is 1. The second kappa shape index (κ2) is 7.54. The molecule has 29 heavy (non-hydrogen) atoms. The van der Waals surface area contributed by atoms with Crippen molar-refractivity contribution in [3.8, 4) is 17.4 Å². The van der Waals surface area contributed by atoms with Gasteiger partial charge in [-0.2, -0.15) is 9.78 Å². The molecule has 1 amide bonds. The smallest absolute Gasteiger partial charge is 0.233 e. The molecule has 1 atom stereocenters. The summed E-state index contributed by atoms with van der Waals surface area (Å²) in [5.41, 5.74) is 2.82. The van der Waals surface area contributed by atoms with Gasteiger partial charge < -0.3 is 14.8 Å². The minimum Gasteiger partial charge on any atom is -0.491 e. The molecule has 1 N–H and O–H groups in total. The number of carbonyl (C=O) groups excluding carboxylic acids is 1. The molecule has 0 radical (unpaired) electrons. The van der Waals surface area contributed by atoms with Gasteiger partial charge in [-0.05, 0) is 44.5 Å². The Bertz CT molecular complexity index is 1040. The Hall–Kier alpha value is -3.42. The Labute approximate surface area is 168 Å². The monoisotopic (exact) mass is 393 g/mol. The van der Waals surface area contributed by atoms with Crippen LogP contribution in [0.5, 0.6) is 11.6 Å². The summed E-state index contributed by atoms with van der Waals surface area (Å²) in [4.78, 5) is 12.5. The first kappa shape index (κ1) is 18.9. The van der Waals surface area contributed by atoms with Crippen LogP contribution in [0, 0.1) is 6.92 Å². The normalized spacial score (nSPS) is 15.8. The van der Waals surface area contributed by atoms with Crippen molar-refractivity contribution in [3.05, 3.63) is 53.2 Å². The predicted octanol–water partition coefficient (Wildman–Crippen LogP) is 3.24. The van der Waals surface area contributed by atoms with Crippen molar-refractivity contribution >= 4 is 11.7 Å². The Balaban J connectivity index is 1.78. The van der Waals surface area contributed by atoms with Gasteiger partial charge in [0.2, 0.25) is 11.8 Å². The molecular formula is C21H23N5O3. The van der Waals surface area contributed by atoms with Crippen molar-refractivity contribution in [2.24, 2.45) is 0 Å². The van der Waals surface area contributed by atoms with Crippen LogP contribution in [0.4, 0.5) is 5.82 Å². The number of methoxy groups -OCH3 is 1. The molecule has 2 aromatic heterocycles. The summed E-state index contributed by atoms with van der Waals surface area (Å²) in [7, 11) is 1.53. The molecule has 3 heterocycles. The SMILES string of the molecule is COc1ccc(-n2nc(C)c3c2NC(=O)CC3c2cccc(OC(C)C)c2)nn1. The van der Waals surface area contributed by atoms with E-state index < -0.39 is 0 Å². The molecule has 4 rings (SSSR count). The van der Waals surface area contributed by atoms with Crippen LogP contribution in [-0.2, 0) is 4.79 Å². The first-order valence-corrected chi connectivity index (χ1v) is 9.50. The number of nitrogens with zero attached hydrogens (tertiary/aromatic N) is 4. The van der Waals surface area contributed by atoms with Gasteiger partial charge in [-0.1, -0.05) is 12.1 Å². The van der Waals surface area contributed by atoms with Crippen molar-refractivity contribution in [1.29, 1.82) is 0 Å². The minimum atomic E-state index is -0.116. The molecule has 1 unspecified atom stereocenters. The molecular weight excluding hydrogens is 370 g/mol. The summed E-state index contributed by atoms with van der Waals surface area (Å²) >= 11 is 0. The number of anilines is 1. The lowest BCUT2D eigenvalue weighted by Gasteiger charge is -2.24. The van der Waals surface area contributed by atoms with Crippen LogP contribution < -0.4 is 14.8 Å². The van der Waals surface area contributed by atoms with Gasteiger partial charge in [0.05, 0.1) is 18.9 Å². The maximum atomic E-state index is 12.5. The lowest BCUT2D eigenvalue weighted by molar-refractivity contribution is -0.116. The number of ether oxygens (including phenoxy) is 2. The number of nitrogens with one attached hydrogen (secondary N) is 1. The predicted molar refractivity (Wildman–Crippen MR) is 108 cm³/mol. The largest absolute Gasteiger partial charge is 0.491 e. The molecule has 1 aromatic carbocycles. The number of hydrogen-bond donors (Lipinski definition) is 1. The number of fused-ring (bicyclic) bond motifs is 1. The summed E-state index contributed by atoms with van der Waals surface area (Å²) < 4.78 is 12.5. The standard InChI is InChI=1S/C21H23N5O3/c1-12(2)29-15-7-5-6-14(10-15)16-11-18(27)22-21-20(16)13(3)25-26(21)17-8-9-19(28-4)24-23-17/h5-10,12,16H,11H2,1-4H3,(H,22,27). The molecule has 3 aromatic rings. The third-order valence-corrected chi connectivity index (χ3v) is 4.79. The number of amides is 1. The fourth-order valence-electron chi connectivity index (χ4n) is 3.61. The van der Waals surface area contributed by atoms with E-state index in [2.05, 4.69) is 20.6 Å². The molecule has 0 bridgehead atoms. The molecule has 0 saturated heterocycles. The molecule has 1 aliphatic rings. The second-order valence-electron chi connectivity index (χ2n) is 7.24. The number of carbonyl (C=O) groups is 1. The van der Waals surface area contributed by atoms with Gasteiger partial charge in [0.1, 0.15) is 11.6 Å². The second-order valence-corrected chi connectivity index (χ2v) is 7.24. The third kappa shape index (κ3) is 3.65. The zero-order chi connectivity index (χ0) is 20.5. The van der Waals surface area contributed by atoms with E-state index in [9.17, 15) is 4.79 Å². The van der Waals surface area contributed by atoms with Crippen LogP contribution in [0.3, 0.4) is 0 Å². The Morgan fingerprint density at radius 2 is 2.03 bits per heavy atom. The van der Waals surface area contributed by atoms with Crippen LogP contribution in [0.25, 0.3) is 5.82 Å². The molecule has 8 heteroatoms. The quantitative estimate of drug-likeness (QED) is 0.716. The molecule has 0 saturated carbocycles. The van der Waals surface area contributed by atoms with E-state index in [0.29, 0.717) is 23.9 Å². The van der Waals surface area contributed by atoms with E-state index in [0.717, 1.165) is 22.6 Å². The third-order valence-electron chi connectivity index (χ3n) is 4.79. The minimum absolute atomic E-state index is 0.0692. The summed E-state index contributed by atoms with van der Waals surface area (Å²) in [6, 6.07) is 11.4. The highest BCUT2D eigenvalue weighted by molar-refractivity contribution is 5.95. The van der Waals surface area contributed by atoms with Crippen molar-refractivity contribution in [3.63, 3.8) is 0 Å². The van der Waals surface area contributed by atoms with Gasteiger partial charge >= 0.3 is 0 Å². The molecule has 0 aliphatic carbocycles.